The van der Waals surface area contributed by atoms with Crippen LogP contribution >= 0.6 is 12.4 Å². The van der Waals surface area contributed by atoms with Gasteiger partial charge in [0.15, 0.2) is 0 Å². The van der Waals surface area contributed by atoms with Crippen LogP contribution in [0.2, 0.25) is 0 Å². The quantitative estimate of drug-likeness (QED) is 0.850. The Bertz CT molecular complexity index is 835. The summed E-state index contributed by atoms with van der Waals surface area (Å²) in [4.78, 5) is 23.0. The Hall–Kier alpha value is -2.15. The van der Waals surface area contributed by atoms with Gasteiger partial charge in [0.2, 0.25) is 5.91 Å². The second-order valence-electron chi connectivity index (χ2n) is 7.35. The minimum Gasteiger partial charge on any atom is -0.368 e. The van der Waals surface area contributed by atoms with Gasteiger partial charge in [0.1, 0.15) is 0 Å². The lowest BCUT2D eigenvalue weighted by Crippen LogP contribution is -2.47. The molecule has 0 spiro atoms. The molecular formula is C21H28ClN5O. The number of nitrogens with zero attached hydrogens (tertiary/aromatic N) is 4. The van der Waals surface area contributed by atoms with Crippen LogP contribution in [0.1, 0.15) is 12.0 Å². The van der Waals surface area contributed by atoms with Crippen LogP contribution in [0.4, 0.5) is 11.4 Å². The Morgan fingerprint density at radius 2 is 1.82 bits per heavy atom. The summed E-state index contributed by atoms with van der Waals surface area (Å²) >= 11 is 0. The van der Waals surface area contributed by atoms with Crippen molar-refractivity contribution < 1.29 is 4.79 Å². The van der Waals surface area contributed by atoms with Crippen LogP contribution in [0.3, 0.4) is 0 Å². The molecule has 0 atom stereocenters. The van der Waals surface area contributed by atoms with Crippen molar-refractivity contribution in [1.29, 1.82) is 0 Å². The van der Waals surface area contributed by atoms with E-state index in [2.05, 4.69) is 39.0 Å². The molecule has 1 aromatic heterocycles. The van der Waals surface area contributed by atoms with E-state index >= 15 is 0 Å². The van der Waals surface area contributed by atoms with Crippen molar-refractivity contribution >= 4 is 29.7 Å². The molecule has 6 nitrogen and oxygen atoms in total. The molecule has 1 amide bonds. The molecule has 1 saturated heterocycles. The number of hydrogen-bond acceptors (Lipinski definition) is 5. The van der Waals surface area contributed by atoms with Gasteiger partial charge >= 0.3 is 0 Å². The lowest BCUT2D eigenvalue weighted by molar-refractivity contribution is -0.118. The van der Waals surface area contributed by atoms with Gasteiger partial charge in [0, 0.05) is 70.2 Å². The number of rotatable bonds is 4. The molecule has 1 fully saturated rings. The molecule has 2 aliphatic rings. The Balaban J connectivity index is 0.00000225. The molecule has 2 aliphatic heterocycles. The highest BCUT2D eigenvalue weighted by molar-refractivity contribution is 5.96. The van der Waals surface area contributed by atoms with E-state index in [9.17, 15) is 4.79 Å². The Morgan fingerprint density at radius 3 is 2.57 bits per heavy atom. The van der Waals surface area contributed by atoms with E-state index in [1.807, 2.05) is 19.4 Å². The molecule has 7 heteroatoms. The van der Waals surface area contributed by atoms with Gasteiger partial charge in [-0.25, -0.2) is 0 Å². The van der Waals surface area contributed by atoms with Crippen molar-refractivity contribution in [2.24, 2.45) is 5.73 Å². The molecule has 3 heterocycles. The summed E-state index contributed by atoms with van der Waals surface area (Å²) in [6.07, 6.45) is 5.27. The topological polar surface area (TPSA) is 65.7 Å². The van der Waals surface area contributed by atoms with Gasteiger partial charge in [-0.2, -0.15) is 0 Å². The van der Waals surface area contributed by atoms with E-state index in [0.717, 1.165) is 62.5 Å². The van der Waals surface area contributed by atoms with Gasteiger partial charge in [0.25, 0.3) is 0 Å². The summed E-state index contributed by atoms with van der Waals surface area (Å²) in [5.41, 5.74) is 11.4. The van der Waals surface area contributed by atoms with Crippen molar-refractivity contribution in [3.8, 4) is 11.1 Å². The fourth-order valence-corrected chi connectivity index (χ4v) is 4.01. The SMILES string of the molecule is CN1C(=O)CCc2cc(-c3cncc(N4CCN(CCN)CC4)c3)ccc21.Cl. The number of fused-ring (bicyclic) bond motifs is 1. The monoisotopic (exact) mass is 401 g/mol. The third kappa shape index (κ3) is 4.14. The fourth-order valence-electron chi connectivity index (χ4n) is 4.01. The van der Waals surface area contributed by atoms with Crippen LogP contribution in [-0.4, -0.2) is 62.1 Å². The molecular weight excluding hydrogens is 374 g/mol. The zero-order valence-corrected chi connectivity index (χ0v) is 17.1. The highest BCUT2D eigenvalue weighted by atomic mass is 35.5. The summed E-state index contributed by atoms with van der Waals surface area (Å²) in [6.45, 7) is 5.78. The van der Waals surface area contributed by atoms with Crippen molar-refractivity contribution in [2.45, 2.75) is 12.8 Å². The van der Waals surface area contributed by atoms with E-state index in [0.29, 0.717) is 6.42 Å². The second-order valence-corrected chi connectivity index (χ2v) is 7.35. The molecule has 4 rings (SSSR count). The molecule has 28 heavy (non-hydrogen) atoms. The third-order valence-corrected chi connectivity index (χ3v) is 5.66. The first-order valence-electron chi connectivity index (χ1n) is 9.68. The first-order valence-corrected chi connectivity index (χ1v) is 9.68. The zero-order valence-electron chi connectivity index (χ0n) is 16.3. The maximum absolute atomic E-state index is 11.9. The zero-order chi connectivity index (χ0) is 18.8. The standard InChI is InChI=1S/C21H27N5O.ClH/c1-24-20-4-2-16(12-17(20)3-5-21(24)27)18-13-19(15-23-14-18)26-10-8-25(7-6-22)9-11-26;/h2,4,12-15H,3,5-11,22H2,1H3;1H. The predicted molar refractivity (Wildman–Crippen MR) is 116 cm³/mol. The maximum Gasteiger partial charge on any atom is 0.227 e. The highest BCUT2D eigenvalue weighted by Gasteiger charge is 2.21. The highest BCUT2D eigenvalue weighted by Crippen LogP contribution is 2.32. The van der Waals surface area contributed by atoms with E-state index in [-0.39, 0.29) is 18.3 Å². The van der Waals surface area contributed by atoms with Crippen molar-refractivity contribution in [3.63, 3.8) is 0 Å². The van der Waals surface area contributed by atoms with Gasteiger partial charge < -0.3 is 15.5 Å². The normalized spacial score (nSPS) is 17.3. The molecule has 1 aromatic carbocycles. The maximum atomic E-state index is 11.9. The molecule has 150 valence electrons. The van der Waals surface area contributed by atoms with E-state index in [1.54, 1.807) is 4.90 Å². The van der Waals surface area contributed by atoms with Gasteiger partial charge in [-0.3, -0.25) is 14.7 Å². The Kier molecular flexibility index (Phi) is 6.54. The number of amides is 1. The smallest absolute Gasteiger partial charge is 0.227 e. The molecule has 0 saturated carbocycles. The number of benzene rings is 1. The van der Waals surface area contributed by atoms with E-state index in [4.69, 9.17) is 5.73 Å². The minimum atomic E-state index is 0. The average Bonchev–Trinajstić information content (AvgIpc) is 2.71. The number of anilines is 2. The molecule has 0 bridgehead atoms. The van der Waals surface area contributed by atoms with Crippen molar-refractivity contribution in [2.75, 3.05) is 56.1 Å². The van der Waals surface area contributed by atoms with Gasteiger partial charge in [-0.05, 0) is 35.7 Å². The van der Waals surface area contributed by atoms with Crippen molar-refractivity contribution in [1.82, 2.24) is 9.88 Å². The second kappa shape index (κ2) is 8.90. The molecule has 2 aromatic rings. The third-order valence-electron chi connectivity index (χ3n) is 5.66. The minimum absolute atomic E-state index is 0. The van der Waals surface area contributed by atoms with Gasteiger partial charge in [-0.1, -0.05) is 6.07 Å². The largest absolute Gasteiger partial charge is 0.368 e. The Labute approximate surface area is 172 Å². The number of aromatic nitrogens is 1. The van der Waals surface area contributed by atoms with E-state index < -0.39 is 0 Å². The number of hydrogen-bond donors (Lipinski definition) is 1. The number of aryl methyl sites for hydroxylation is 1. The number of nitrogens with two attached hydrogens (primary N) is 1. The van der Waals surface area contributed by atoms with Crippen LogP contribution in [0.15, 0.2) is 36.7 Å². The summed E-state index contributed by atoms with van der Waals surface area (Å²) in [5.74, 6) is 0.188. The first-order chi connectivity index (χ1) is 13.2. The number of carbonyl (C=O) groups is 1. The van der Waals surface area contributed by atoms with Crippen molar-refractivity contribution in [3.05, 3.63) is 42.2 Å². The first kappa shape index (κ1) is 20.6. The summed E-state index contributed by atoms with van der Waals surface area (Å²) < 4.78 is 0. The van der Waals surface area contributed by atoms with Crippen LogP contribution in [0, 0.1) is 0 Å². The van der Waals surface area contributed by atoms with Gasteiger partial charge in [0.05, 0.1) is 11.9 Å². The predicted octanol–water partition coefficient (Wildman–Crippen LogP) is 2.16. The lowest BCUT2D eigenvalue weighted by Gasteiger charge is -2.35. The van der Waals surface area contributed by atoms with Crippen LogP contribution in [0.25, 0.3) is 11.1 Å². The molecule has 0 unspecified atom stereocenters. The summed E-state index contributed by atoms with van der Waals surface area (Å²) in [7, 11) is 1.85. The number of pyridine rings is 1. The molecule has 0 aliphatic carbocycles. The van der Waals surface area contributed by atoms with Gasteiger partial charge in [-0.15, -0.1) is 12.4 Å². The van der Waals surface area contributed by atoms with E-state index in [1.165, 1.54) is 11.3 Å². The Morgan fingerprint density at radius 1 is 1.04 bits per heavy atom. The summed E-state index contributed by atoms with van der Waals surface area (Å²) in [6, 6.07) is 8.58. The van der Waals surface area contributed by atoms with Crippen LogP contribution in [0.5, 0.6) is 0 Å². The summed E-state index contributed by atoms with van der Waals surface area (Å²) in [5, 5.41) is 0. The number of piperazine rings is 1. The van der Waals surface area contributed by atoms with Crippen LogP contribution in [-0.2, 0) is 11.2 Å². The van der Waals surface area contributed by atoms with Crippen LogP contribution < -0.4 is 15.5 Å². The molecule has 2 N–H and O–H groups in total. The number of halogens is 1. The lowest BCUT2D eigenvalue weighted by atomic mass is 9.96. The fraction of sp³-hybridized carbons (Fsp3) is 0.429. The molecule has 0 radical (unpaired) electrons. The average molecular weight is 402 g/mol. The number of carbonyl (C=O) groups excluding carboxylic acids is 1.